The summed E-state index contributed by atoms with van der Waals surface area (Å²) in [5.41, 5.74) is 0.0294. The Hall–Kier alpha value is -0.800. The summed E-state index contributed by atoms with van der Waals surface area (Å²) in [7, 11) is 0. The summed E-state index contributed by atoms with van der Waals surface area (Å²) < 4.78 is 11.2. The lowest BCUT2D eigenvalue weighted by atomic mass is 10.0. The van der Waals surface area contributed by atoms with E-state index in [4.69, 9.17) is 9.15 Å². The third kappa shape index (κ3) is 2.83. The van der Waals surface area contributed by atoms with Gasteiger partial charge < -0.3 is 14.5 Å². The molecule has 0 aromatic carbocycles. The van der Waals surface area contributed by atoms with E-state index in [9.17, 15) is 0 Å². The normalized spacial score (nSPS) is 26.0. The van der Waals surface area contributed by atoms with Crippen molar-refractivity contribution in [2.75, 3.05) is 13.2 Å². The quantitative estimate of drug-likeness (QED) is 0.826. The molecule has 0 amide bonds. The zero-order chi connectivity index (χ0) is 10.7. The molecule has 1 aromatic rings. The molecule has 2 rings (SSSR count). The summed E-state index contributed by atoms with van der Waals surface area (Å²) in [6.07, 6.45) is 2.33. The Balaban J connectivity index is 1.75. The first-order valence-electron chi connectivity index (χ1n) is 5.58. The Morgan fingerprint density at radius 1 is 1.47 bits per heavy atom. The second-order valence-corrected chi connectivity index (χ2v) is 4.52. The fourth-order valence-corrected chi connectivity index (χ4v) is 2.01. The van der Waals surface area contributed by atoms with Gasteiger partial charge in [-0.15, -0.1) is 0 Å². The van der Waals surface area contributed by atoms with Crippen LogP contribution in [0.1, 0.15) is 31.3 Å². The standard InChI is InChI=1S/C12H19NO2/c1-10-4-5-11(15-10)8-13-9-12(2)6-3-7-14-12/h4-5,13H,3,6-9H2,1-2H3. The van der Waals surface area contributed by atoms with Crippen molar-refractivity contribution in [1.29, 1.82) is 0 Å². The van der Waals surface area contributed by atoms with Crippen LogP contribution in [-0.2, 0) is 11.3 Å². The highest BCUT2D eigenvalue weighted by atomic mass is 16.5. The Morgan fingerprint density at radius 3 is 2.93 bits per heavy atom. The third-order valence-corrected chi connectivity index (χ3v) is 2.89. The molecule has 1 aliphatic rings. The lowest BCUT2D eigenvalue weighted by Gasteiger charge is -2.23. The molecular weight excluding hydrogens is 190 g/mol. The molecule has 1 atom stereocenters. The SMILES string of the molecule is Cc1ccc(CNCC2(C)CCCO2)o1. The van der Waals surface area contributed by atoms with E-state index >= 15 is 0 Å². The first kappa shape index (κ1) is 10.7. The van der Waals surface area contributed by atoms with Gasteiger partial charge in [-0.1, -0.05) is 0 Å². The molecule has 15 heavy (non-hydrogen) atoms. The summed E-state index contributed by atoms with van der Waals surface area (Å²) in [5, 5.41) is 3.38. The molecule has 0 radical (unpaired) electrons. The van der Waals surface area contributed by atoms with Crippen LogP contribution in [0, 0.1) is 6.92 Å². The molecule has 1 aliphatic heterocycles. The van der Waals surface area contributed by atoms with Crippen LogP contribution < -0.4 is 5.32 Å². The van der Waals surface area contributed by atoms with Crippen LogP contribution in [0.25, 0.3) is 0 Å². The average molecular weight is 209 g/mol. The van der Waals surface area contributed by atoms with Crippen LogP contribution in [0.4, 0.5) is 0 Å². The predicted octanol–water partition coefficient (Wildman–Crippen LogP) is 2.25. The van der Waals surface area contributed by atoms with E-state index in [1.807, 2.05) is 19.1 Å². The van der Waals surface area contributed by atoms with Crippen LogP contribution >= 0.6 is 0 Å². The fourth-order valence-electron chi connectivity index (χ4n) is 2.01. The minimum absolute atomic E-state index is 0.0294. The predicted molar refractivity (Wildman–Crippen MR) is 58.7 cm³/mol. The summed E-state index contributed by atoms with van der Waals surface area (Å²) in [5.74, 6) is 1.96. The van der Waals surface area contributed by atoms with Crippen molar-refractivity contribution >= 4 is 0 Å². The van der Waals surface area contributed by atoms with Crippen LogP contribution in [-0.4, -0.2) is 18.8 Å². The molecule has 0 aliphatic carbocycles. The van der Waals surface area contributed by atoms with Gasteiger partial charge in [0.1, 0.15) is 11.5 Å². The highest BCUT2D eigenvalue weighted by molar-refractivity contribution is 5.05. The number of rotatable bonds is 4. The molecule has 0 saturated carbocycles. The molecule has 1 aromatic heterocycles. The summed E-state index contributed by atoms with van der Waals surface area (Å²) in [6, 6.07) is 4.00. The van der Waals surface area contributed by atoms with E-state index < -0.39 is 0 Å². The van der Waals surface area contributed by atoms with Gasteiger partial charge in [0.05, 0.1) is 12.1 Å². The molecule has 1 saturated heterocycles. The number of furan rings is 1. The molecule has 3 heteroatoms. The second-order valence-electron chi connectivity index (χ2n) is 4.52. The van der Waals surface area contributed by atoms with Gasteiger partial charge in [0, 0.05) is 13.2 Å². The van der Waals surface area contributed by atoms with Gasteiger partial charge in [0.2, 0.25) is 0 Å². The number of hydrogen-bond acceptors (Lipinski definition) is 3. The minimum Gasteiger partial charge on any atom is -0.465 e. The molecule has 1 unspecified atom stereocenters. The maximum Gasteiger partial charge on any atom is 0.117 e. The first-order valence-corrected chi connectivity index (χ1v) is 5.58. The van der Waals surface area contributed by atoms with E-state index in [1.54, 1.807) is 0 Å². The largest absolute Gasteiger partial charge is 0.465 e. The van der Waals surface area contributed by atoms with Gasteiger partial charge >= 0.3 is 0 Å². The van der Waals surface area contributed by atoms with Gasteiger partial charge in [-0.3, -0.25) is 0 Å². The molecule has 1 fully saturated rings. The van der Waals surface area contributed by atoms with Crippen molar-refractivity contribution < 1.29 is 9.15 Å². The highest BCUT2D eigenvalue weighted by Gasteiger charge is 2.28. The maximum atomic E-state index is 5.69. The molecule has 84 valence electrons. The smallest absolute Gasteiger partial charge is 0.117 e. The lowest BCUT2D eigenvalue weighted by Crippen LogP contribution is -2.36. The summed E-state index contributed by atoms with van der Waals surface area (Å²) in [4.78, 5) is 0. The second kappa shape index (κ2) is 4.37. The molecule has 0 bridgehead atoms. The zero-order valence-corrected chi connectivity index (χ0v) is 9.51. The average Bonchev–Trinajstić information content (AvgIpc) is 2.76. The Morgan fingerprint density at radius 2 is 2.33 bits per heavy atom. The van der Waals surface area contributed by atoms with Gasteiger partial charge in [0.15, 0.2) is 0 Å². The topological polar surface area (TPSA) is 34.4 Å². The third-order valence-electron chi connectivity index (χ3n) is 2.89. The Kier molecular flexibility index (Phi) is 3.12. The van der Waals surface area contributed by atoms with Crippen molar-refractivity contribution in [3.63, 3.8) is 0 Å². The van der Waals surface area contributed by atoms with Gasteiger partial charge in [-0.05, 0) is 38.8 Å². The van der Waals surface area contributed by atoms with Crippen LogP contribution in [0.2, 0.25) is 0 Å². The van der Waals surface area contributed by atoms with E-state index in [1.165, 1.54) is 6.42 Å². The number of ether oxygens (including phenoxy) is 1. The number of hydrogen-bond donors (Lipinski definition) is 1. The molecule has 3 nitrogen and oxygen atoms in total. The fraction of sp³-hybridized carbons (Fsp3) is 0.667. The monoisotopic (exact) mass is 209 g/mol. The summed E-state index contributed by atoms with van der Waals surface area (Å²) in [6.45, 7) is 6.71. The van der Waals surface area contributed by atoms with E-state index in [2.05, 4.69) is 12.2 Å². The van der Waals surface area contributed by atoms with Crippen molar-refractivity contribution in [2.45, 2.75) is 38.8 Å². The van der Waals surface area contributed by atoms with Gasteiger partial charge in [0.25, 0.3) is 0 Å². The van der Waals surface area contributed by atoms with Crippen molar-refractivity contribution in [3.05, 3.63) is 23.7 Å². The van der Waals surface area contributed by atoms with Crippen LogP contribution in [0.5, 0.6) is 0 Å². The Bertz CT molecular complexity index is 313. The summed E-state index contributed by atoms with van der Waals surface area (Å²) >= 11 is 0. The molecular formula is C12H19NO2. The van der Waals surface area contributed by atoms with Crippen molar-refractivity contribution in [2.24, 2.45) is 0 Å². The first-order chi connectivity index (χ1) is 7.18. The highest BCUT2D eigenvalue weighted by Crippen LogP contribution is 2.23. The maximum absolute atomic E-state index is 5.69. The molecule has 0 spiro atoms. The van der Waals surface area contributed by atoms with E-state index in [0.29, 0.717) is 0 Å². The van der Waals surface area contributed by atoms with Crippen molar-refractivity contribution in [1.82, 2.24) is 5.32 Å². The van der Waals surface area contributed by atoms with Crippen molar-refractivity contribution in [3.8, 4) is 0 Å². The molecule has 1 N–H and O–H groups in total. The van der Waals surface area contributed by atoms with Gasteiger partial charge in [-0.2, -0.15) is 0 Å². The minimum atomic E-state index is 0.0294. The Labute approximate surface area is 90.8 Å². The van der Waals surface area contributed by atoms with Crippen LogP contribution in [0.15, 0.2) is 16.5 Å². The number of nitrogens with one attached hydrogen (secondary N) is 1. The van der Waals surface area contributed by atoms with Gasteiger partial charge in [-0.25, -0.2) is 0 Å². The van der Waals surface area contributed by atoms with E-state index in [-0.39, 0.29) is 5.60 Å². The van der Waals surface area contributed by atoms with Crippen LogP contribution in [0.3, 0.4) is 0 Å². The molecule has 2 heterocycles. The zero-order valence-electron chi connectivity index (χ0n) is 9.51. The van der Waals surface area contributed by atoms with E-state index in [0.717, 1.165) is 37.6 Å². The lowest BCUT2D eigenvalue weighted by molar-refractivity contribution is 0.0204. The number of aryl methyl sites for hydroxylation is 1.